The summed E-state index contributed by atoms with van der Waals surface area (Å²) >= 11 is 0. The first-order valence-electron chi connectivity index (χ1n) is 11.1. The van der Waals surface area contributed by atoms with Gasteiger partial charge < -0.3 is 14.4 Å². The van der Waals surface area contributed by atoms with Gasteiger partial charge in [0.05, 0.1) is 29.9 Å². The Morgan fingerprint density at radius 2 is 1.47 bits per heavy atom. The normalized spacial score (nSPS) is 16.5. The molecule has 3 rings (SSSR count). The van der Waals surface area contributed by atoms with Gasteiger partial charge in [0.15, 0.2) is 0 Å². The zero-order valence-corrected chi connectivity index (χ0v) is 19.8. The topological polar surface area (TPSA) is 45.5 Å². The molecular formula is C28H32N2O2. The summed E-state index contributed by atoms with van der Waals surface area (Å²) in [5.41, 5.74) is 4.75. The molecule has 0 bridgehead atoms. The Hall–Kier alpha value is -3.45. The van der Waals surface area contributed by atoms with Gasteiger partial charge in [0.2, 0.25) is 0 Å². The quantitative estimate of drug-likeness (QED) is 0.485. The summed E-state index contributed by atoms with van der Waals surface area (Å²) in [6, 6.07) is 18.5. The van der Waals surface area contributed by atoms with Crippen molar-refractivity contribution in [2.45, 2.75) is 59.8 Å². The first-order chi connectivity index (χ1) is 15.3. The van der Waals surface area contributed by atoms with Crippen LogP contribution >= 0.6 is 0 Å². The predicted octanol–water partition coefficient (Wildman–Crippen LogP) is 6.82. The van der Waals surface area contributed by atoms with Crippen LogP contribution in [0.5, 0.6) is 11.5 Å². The summed E-state index contributed by atoms with van der Waals surface area (Å²) in [5, 5.41) is 9.78. The molecule has 166 valence electrons. The lowest BCUT2D eigenvalue weighted by molar-refractivity contribution is 0.242. The molecule has 0 saturated heterocycles. The van der Waals surface area contributed by atoms with Gasteiger partial charge in [-0.3, -0.25) is 0 Å². The SMILES string of the molecule is C/C=C(/c1ccc(OC(C)C)cc1)N1C=C(c2ccc(OC(C)C)cc2)C(C#N)=CC1C. The first-order valence-corrected chi connectivity index (χ1v) is 11.1. The zero-order valence-electron chi connectivity index (χ0n) is 19.8. The minimum atomic E-state index is 0.0507. The molecular weight excluding hydrogens is 396 g/mol. The molecule has 1 atom stereocenters. The maximum atomic E-state index is 9.78. The highest BCUT2D eigenvalue weighted by atomic mass is 16.5. The van der Waals surface area contributed by atoms with E-state index in [9.17, 15) is 5.26 Å². The molecule has 4 heteroatoms. The molecule has 1 aliphatic heterocycles. The van der Waals surface area contributed by atoms with Crippen LogP contribution in [0.1, 0.15) is 52.7 Å². The summed E-state index contributed by atoms with van der Waals surface area (Å²) in [6.07, 6.45) is 6.47. The van der Waals surface area contributed by atoms with E-state index in [1.807, 2.05) is 77.1 Å². The van der Waals surface area contributed by atoms with Gasteiger partial charge in [0.1, 0.15) is 11.5 Å². The number of nitrogens with zero attached hydrogens (tertiary/aromatic N) is 2. The summed E-state index contributed by atoms with van der Waals surface area (Å²) in [4.78, 5) is 2.22. The van der Waals surface area contributed by atoms with Crippen LogP contribution in [0.25, 0.3) is 11.3 Å². The lowest BCUT2D eigenvalue weighted by Gasteiger charge is -2.33. The van der Waals surface area contributed by atoms with Gasteiger partial charge in [0, 0.05) is 17.5 Å². The van der Waals surface area contributed by atoms with Crippen LogP contribution in [0, 0.1) is 11.3 Å². The average Bonchev–Trinajstić information content (AvgIpc) is 2.76. The average molecular weight is 429 g/mol. The number of ether oxygens (including phenoxy) is 2. The van der Waals surface area contributed by atoms with E-state index in [-0.39, 0.29) is 18.2 Å². The monoisotopic (exact) mass is 428 g/mol. The van der Waals surface area contributed by atoms with Crippen molar-refractivity contribution >= 4 is 11.3 Å². The molecule has 4 nitrogen and oxygen atoms in total. The van der Waals surface area contributed by atoms with E-state index in [4.69, 9.17) is 9.47 Å². The summed E-state index contributed by atoms with van der Waals surface area (Å²) in [7, 11) is 0. The van der Waals surface area contributed by atoms with Crippen molar-refractivity contribution in [2.24, 2.45) is 0 Å². The van der Waals surface area contributed by atoms with Gasteiger partial charge in [0.25, 0.3) is 0 Å². The lowest BCUT2D eigenvalue weighted by Crippen LogP contribution is -2.28. The first kappa shape index (κ1) is 23.2. The Kier molecular flexibility index (Phi) is 7.43. The molecule has 0 N–H and O–H groups in total. The van der Waals surface area contributed by atoms with E-state index in [1.165, 1.54) is 0 Å². The highest BCUT2D eigenvalue weighted by Crippen LogP contribution is 2.34. The van der Waals surface area contributed by atoms with Crippen LogP contribution in [-0.2, 0) is 0 Å². The summed E-state index contributed by atoms with van der Waals surface area (Å²) < 4.78 is 11.6. The van der Waals surface area contributed by atoms with Crippen LogP contribution in [0.15, 0.2) is 72.5 Å². The zero-order chi connectivity index (χ0) is 23.3. The molecule has 0 aromatic heterocycles. The Bertz CT molecular complexity index is 1050. The molecule has 2 aromatic rings. The lowest BCUT2D eigenvalue weighted by atomic mass is 9.93. The largest absolute Gasteiger partial charge is 0.491 e. The van der Waals surface area contributed by atoms with E-state index in [1.54, 1.807) is 0 Å². The maximum absolute atomic E-state index is 9.78. The number of hydrogen-bond donors (Lipinski definition) is 0. The second-order valence-corrected chi connectivity index (χ2v) is 8.44. The number of rotatable bonds is 7. The van der Waals surface area contributed by atoms with Gasteiger partial charge >= 0.3 is 0 Å². The minimum absolute atomic E-state index is 0.0507. The van der Waals surface area contributed by atoms with E-state index in [2.05, 4.69) is 42.3 Å². The summed E-state index contributed by atoms with van der Waals surface area (Å²) in [6.45, 7) is 12.2. The third-order valence-electron chi connectivity index (χ3n) is 5.14. The van der Waals surface area contributed by atoms with Crippen molar-refractivity contribution in [3.8, 4) is 17.6 Å². The molecule has 0 aliphatic carbocycles. The fourth-order valence-electron chi connectivity index (χ4n) is 3.78. The van der Waals surface area contributed by atoms with Crippen molar-refractivity contribution in [1.29, 1.82) is 5.26 Å². The third-order valence-corrected chi connectivity index (χ3v) is 5.14. The Morgan fingerprint density at radius 1 is 0.938 bits per heavy atom. The highest BCUT2D eigenvalue weighted by molar-refractivity contribution is 5.85. The molecule has 32 heavy (non-hydrogen) atoms. The molecule has 1 aliphatic rings. The fourth-order valence-corrected chi connectivity index (χ4v) is 3.78. The Balaban J connectivity index is 1.94. The molecule has 0 amide bonds. The van der Waals surface area contributed by atoms with Crippen molar-refractivity contribution in [3.63, 3.8) is 0 Å². The number of benzene rings is 2. The number of allylic oxidation sites excluding steroid dienone is 3. The van der Waals surface area contributed by atoms with Crippen molar-refractivity contribution < 1.29 is 9.47 Å². The van der Waals surface area contributed by atoms with Gasteiger partial charge in [-0.2, -0.15) is 5.26 Å². The Labute approximate surface area is 192 Å². The summed E-state index contributed by atoms with van der Waals surface area (Å²) in [5.74, 6) is 1.68. The van der Waals surface area contributed by atoms with Gasteiger partial charge in [-0.05, 0) is 95.1 Å². The van der Waals surface area contributed by atoms with Crippen LogP contribution in [0.2, 0.25) is 0 Å². The van der Waals surface area contributed by atoms with Crippen LogP contribution < -0.4 is 9.47 Å². The van der Waals surface area contributed by atoms with Crippen LogP contribution in [0.3, 0.4) is 0 Å². The van der Waals surface area contributed by atoms with E-state index in [0.29, 0.717) is 5.57 Å². The molecule has 0 saturated carbocycles. The van der Waals surface area contributed by atoms with Crippen molar-refractivity contribution in [1.82, 2.24) is 4.90 Å². The molecule has 2 aromatic carbocycles. The van der Waals surface area contributed by atoms with Crippen molar-refractivity contribution in [3.05, 3.63) is 83.6 Å². The molecule has 0 spiro atoms. The van der Waals surface area contributed by atoms with Crippen LogP contribution in [0.4, 0.5) is 0 Å². The van der Waals surface area contributed by atoms with Crippen LogP contribution in [-0.4, -0.2) is 23.1 Å². The minimum Gasteiger partial charge on any atom is -0.491 e. The highest BCUT2D eigenvalue weighted by Gasteiger charge is 2.23. The molecule has 1 unspecified atom stereocenters. The second kappa shape index (κ2) is 10.2. The number of nitriles is 1. The van der Waals surface area contributed by atoms with Crippen molar-refractivity contribution in [2.75, 3.05) is 0 Å². The second-order valence-electron chi connectivity index (χ2n) is 8.44. The Morgan fingerprint density at radius 3 is 1.94 bits per heavy atom. The molecule has 1 heterocycles. The maximum Gasteiger partial charge on any atom is 0.119 e. The van der Waals surface area contributed by atoms with Gasteiger partial charge in [-0.15, -0.1) is 0 Å². The van der Waals surface area contributed by atoms with Gasteiger partial charge in [-0.1, -0.05) is 18.2 Å². The predicted molar refractivity (Wildman–Crippen MR) is 131 cm³/mol. The fraction of sp³-hybridized carbons (Fsp3) is 0.321. The third kappa shape index (κ3) is 5.42. The smallest absolute Gasteiger partial charge is 0.119 e. The van der Waals surface area contributed by atoms with E-state index >= 15 is 0 Å². The van der Waals surface area contributed by atoms with E-state index in [0.717, 1.165) is 33.9 Å². The molecule has 0 radical (unpaired) electrons. The van der Waals surface area contributed by atoms with Gasteiger partial charge in [-0.25, -0.2) is 0 Å². The van der Waals surface area contributed by atoms with E-state index < -0.39 is 0 Å². The molecule has 0 fully saturated rings. The standard InChI is InChI=1S/C28H32N2O2/c1-7-28(23-10-14-26(15-11-23)32-20(4)5)30-18-27(24(17-29)16-21(30)6)22-8-12-25(13-9-22)31-19(2)3/h7-16,18-21H,1-6H3/b28-7-. The number of hydrogen-bond acceptors (Lipinski definition) is 4.